The lowest BCUT2D eigenvalue weighted by atomic mass is 10.0. The average molecular weight is 496 g/mol. The Hall–Kier alpha value is -2.72. The van der Waals surface area contributed by atoms with Gasteiger partial charge in [-0.25, -0.2) is 4.79 Å². The number of carbonyl (C=O) groups is 1. The van der Waals surface area contributed by atoms with Crippen molar-refractivity contribution in [3.63, 3.8) is 0 Å². The van der Waals surface area contributed by atoms with Crippen molar-refractivity contribution < 1.29 is 27.8 Å². The van der Waals surface area contributed by atoms with Crippen molar-refractivity contribution in [3.8, 4) is 5.75 Å². The van der Waals surface area contributed by atoms with E-state index in [1.54, 1.807) is 36.8 Å². The number of aliphatic carboxylic acids is 1. The van der Waals surface area contributed by atoms with Gasteiger partial charge in [0.2, 0.25) is 5.60 Å². The summed E-state index contributed by atoms with van der Waals surface area (Å²) in [5.74, 6) is 0.189. The summed E-state index contributed by atoms with van der Waals surface area (Å²) in [6.07, 6.45) is -4.05. The first-order valence-corrected chi connectivity index (χ1v) is 11.8. The van der Waals surface area contributed by atoms with E-state index in [1.807, 2.05) is 38.0 Å². The SMILES string of the molecule is CCC(C)(Oc1ccc(SCC2C(C)=NN(c3ccc(C(F)(F)F)cc3)N2C)cc1C)C(=O)O. The fourth-order valence-electron chi connectivity index (χ4n) is 3.45. The molecular weight excluding hydrogens is 467 g/mol. The summed E-state index contributed by atoms with van der Waals surface area (Å²) in [4.78, 5) is 12.5. The number of hydrogen-bond donors (Lipinski definition) is 1. The molecule has 0 amide bonds. The number of ether oxygens (including phenoxy) is 1. The van der Waals surface area contributed by atoms with Crippen molar-refractivity contribution in [1.29, 1.82) is 0 Å². The van der Waals surface area contributed by atoms with E-state index in [4.69, 9.17) is 4.74 Å². The van der Waals surface area contributed by atoms with Gasteiger partial charge in [-0.05, 0) is 75.2 Å². The minimum Gasteiger partial charge on any atom is -0.478 e. The standard InChI is InChI=1S/C24H28F3N3O3S/c1-6-23(4,22(31)32)33-21-12-11-19(13-15(21)2)34-14-20-16(3)28-30(29(20)5)18-9-7-17(8-10-18)24(25,26)27/h7-13,20H,6,14H2,1-5H3,(H,31,32). The zero-order valence-electron chi connectivity index (χ0n) is 19.7. The molecule has 184 valence electrons. The maximum absolute atomic E-state index is 12.9. The zero-order chi connectivity index (χ0) is 25.3. The third-order valence-electron chi connectivity index (χ3n) is 5.93. The highest BCUT2D eigenvalue weighted by Gasteiger charge is 2.35. The smallest absolute Gasteiger partial charge is 0.416 e. The molecule has 0 saturated heterocycles. The van der Waals surface area contributed by atoms with Crippen LogP contribution < -0.4 is 9.85 Å². The summed E-state index contributed by atoms with van der Waals surface area (Å²) in [6.45, 7) is 7.09. The van der Waals surface area contributed by atoms with Crippen molar-refractivity contribution in [1.82, 2.24) is 5.01 Å². The van der Waals surface area contributed by atoms with E-state index in [9.17, 15) is 23.1 Å². The number of rotatable bonds is 8. The molecule has 0 spiro atoms. The quantitative estimate of drug-likeness (QED) is 0.464. The van der Waals surface area contributed by atoms with E-state index in [0.29, 0.717) is 23.6 Å². The number of carboxylic acids is 1. The Bertz CT molecular complexity index is 1080. The summed E-state index contributed by atoms with van der Waals surface area (Å²) in [5.41, 5.74) is 0.254. The molecule has 1 aliphatic heterocycles. The molecule has 0 radical (unpaired) electrons. The Balaban J connectivity index is 1.66. The van der Waals surface area contributed by atoms with Gasteiger partial charge in [-0.15, -0.1) is 11.8 Å². The molecular formula is C24H28F3N3O3S. The molecule has 2 atom stereocenters. The Labute approximate surface area is 201 Å². The van der Waals surface area contributed by atoms with Gasteiger partial charge in [0.15, 0.2) is 0 Å². The van der Waals surface area contributed by atoms with Crippen LogP contribution in [0.25, 0.3) is 0 Å². The van der Waals surface area contributed by atoms with Gasteiger partial charge in [-0.3, -0.25) is 0 Å². The van der Waals surface area contributed by atoms with Crippen LogP contribution in [-0.4, -0.2) is 46.2 Å². The maximum Gasteiger partial charge on any atom is 0.416 e. The van der Waals surface area contributed by atoms with E-state index in [2.05, 4.69) is 5.10 Å². The molecule has 3 rings (SSSR count). The summed E-state index contributed by atoms with van der Waals surface area (Å²) in [6, 6.07) is 10.5. The molecule has 0 aromatic heterocycles. The predicted octanol–water partition coefficient (Wildman–Crippen LogP) is 5.85. The second-order valence-corrected chi connectivity index (χ2v) is 9.49. The number of hydrazine groups is 1. The number of alkyl halides is 3. The number of benzene rings is 2. The van der Waals surface area contributed by atoms with Gasteiger partial charge in [-0.1, -0.05) is 6.92 Å². The van der Waals surface area contributed by atoms with Crippen LogP contribution in [0.5, 0.6) is 5.75 Å². The largest absolute Gasteiger partial charge is 0.478 e. The van der Waals surface area contributed by atoms with Gasteiger partial charge in [0.25, 0.3) is 0 Å². The minimum atomic E-state index is -4.38. The second kappa shape index (κ2) is 9.87. The third-order valence-corrected chi connectivity index (χ3v) is 7.00. The lowest BCUT2D eigenvalue weighted by Crippen LogP contribution is -2.41. The van der Waals surface area contributed by atoms with Crippen LogP contribution in [0.3, 0.4) is 0 Å². The molecule has 6 nitrogen and oxygen atoms in total. The fourth-order valence-corrected chi connectivity index (χ4v) is 4.68. The summed E-state index contributed by atoms with van der Waals surface area (Å²) in [5, 5.41) is 17.5. The van der Waals surface area contributed by atoms with Gasteiger partial charge in [-0.2, -0.15) is 28.4 Å². The molecule has 0 bridgehead atoms. The van der Waals surface area contributed by atoms with Gasteiger partial charge in [0.05, 0.1) is 23.0 Å². The van der Waals surface area contributed by atoms with E-state index in [0.717, 1.165) is 28.3 Å². The van der Waals surface area contributed by atoms with E-state index < -0.39 is 23.3 Å². The molecule has 1 N–H and O–H groups in total. The number of hydrogen-bond acceptors (Lipinski definition) is 6. The van der Waals surface area contributed by atoms with Crippen LogP contribution in [-0.2, 0) is 11.0 Å². The number of thioether (sulfide) groups is 1. The minimum absolute atomic E-state index is 0.0427. The van der Waals surface area contributed by atoms with Crippen molar-refractivity contribution in [2.24, 2.45) is 5.10 Å². The third kappa shape index (κ3) is 5.50. The van der Waals surface area contributed by atoms with Gasteiger partial charge < -0.3 is 9.84 Å². The molecule has 34 heavy (non-hydrogen) atoms. The Morgan fingerprint density at radius 1 is 1.18 bits per heavy atom. The highest BCUT2D eigenvalue weighted by Crippen LogP contribution is 2.34. The van der Waals surface area contributed by atoms with Crippen molar-refractivity contribution in [3.05, 3.63) is 53.6 Å². The molecule has 10 heteroatoms. The van der Waals surface area contributed by atoms with Gasteiger partial charge in [0.1, 0.15) is 5.75 Å². The molecule has 0 aliphatic carbocycles. The van der Waals surface area contributed by atoms with Crippen molar-refractivity contribution >= 4 is 29.1 Å². The number of halogens is 3. The number of carboxylic acid groups (broad SMARTS) is 1. The molecule has 0 fully saturated rings. The van der Waals surface area contributed by atoms with Crippen LogP contribution in [0.1, 0.15) is 38.3 Å². The summed E-state index contributed by atoms with van der Waals surface area (Å²) < 4.78 is 44.4. The predicted molar refractivity (Wildman–Crippen MR) is 127 cm³/mol. The Morgan fingerprint density at radius 3 is 2.35 bits per heavy atom. The lowest BCUT2D eigenvalue weighted by Gasteiger charge is -2.28. The zero-order valence-corrected chi connectivity index (χ0v) is 20.5. The Morgan fingerprint density at radius 2 is 1.82 bits per heavy atom. The van der Waals surface area contributed by atoms with Gasteiger partial charge in [0, 0.05) is 17.7 Å². The van der Waals surface area contributed by atoms with Crippen molar-refractivity contribution in [2.45, 2.75) is 56.8 Å². The number of aryl methyl sites for hydroxylation is 1. The van der Waals surface area contributed by atoms with E-state index in [-0.39, 0.29) is 6.04 Å². The van der Waals surface area contributed by atoms with E-state index in [1.165, 1.54) is 12.1 Å². The first-order chi connectivity index (χ1) is 15.9. The molecule has 0 saturated carbocycles. The topological polar surface area (TPSA) is 65.4 Å². The monoisotopic (exact) mass is 495 g/mol. The number of anilines is 1. The van der Waals surface area contributed by atoms with E-state index >= 15 is 0 Å². The van der Waals surface area contributed by atoms with Crippen LogP contribution >= 0.6 is 11.8 Å². The molecule has 2 unspecified atom stereocenters. The van der Waals surface area contributed by atoms with Crippen LogP contribution in [0.4, 0.5) is 18.9 Å². The molecule has 1 aliphatic rings. The highest BCUT2D eigenvalue weighted by molar-refractivity contribution is 7.99. The average Bonchev–Trinajstić information content (AvgIpc) is 3.06. The summed E-state index contributed by atoms with van der Waals surface area (Å²) >= 11 is 1.61. The molecule has 2 aromatic rings. The lowest BCUT2D eigenvalue weighted by molar-refractivity contribution is -0.154. The van der Waals surface area contributed by atoms with Crippen LogP contribution in [0, 0.1) is 6.92 Å². The van der Waals surface area contributed by atoms with Crippen molar-refractivity contribution in [2.75, 3.05) is 17.9 Å². The number of nitrogens with zero attached hydrogens (tertiary/aromatic N) is 3. The highest BCUT2D eigenvalue weighted by atomic mass is 32.2. The Kier molecular flexibility index (Phi) is 7.52. The van der Waals surface area contributed by atoms with Gasteiger partial charge >= 0.3 is 12.1 Å². The fraction of sp³-hybridized carbons (Fsp3) is 0.417. The second-order valence-electron chi connectivity index (χ2n) is 8.39. The summed E-state index contributed by atoms with van der Waals surface area (Å²) in [7, 11) is 1.85. The first kappa shape index (κ1) is 25.9. The molecule has 1 heterocycles. The maximum atomic E-state index is 12.9. The molecule has 2 aromatic carbocycles. The first-order valence-electron chi connectivity index (χ1n) is 10.8. The van der Waals surface area contributed by atoms with Crippen LogP contribution in [0.2, 0.25) is 0 Å². The normalized spacial score (nSPS) is 18.5. The van der Waals surface area contributed by atoms with Crippen LogP contribution in [0.15, 0.2) is 52.5 Å². The number of hydrazone groups is 1.